The third-order valence-electron chi connectivity index (χ3n) is 5.58. The Morgan fingerprint density at radius 1 is 1.13 bits per heavy atom. The van der Waals surface area contributed by atoms with E-state index in [2.05, 4.69) is 5.32 Å². The molecule has 1 aliphatic carbocycles. The molecule has 1 aliphatic rings. The molecule has 0 aliphatic heterocycles. The van der Waals surface area contributed by atoms with E-state index in [0.717, 1.165) is 42.6 Å². The fourth-order valence-electron chi connectivity index (χ4n) is 3.62. The van der Waals surface area contributed by atoms with Crippen molar-refractivity contribution in [3.63, 3.8) is 0 Å². The summed E-state index contributed by atoms with van der Waals surface area (Å²) in [5, 5.41) is 2.97. The van der Waals surface area contributed by atoms with Gasteiger partial charge in [0.1, 0.15) is 5.82 Å². The van der Waals surface area contributed by atoms with Gasteiger partial charge in [0.25, 0.3) is 0 Å². The molecule has 1 N–H and O–H groups in total. The second kappa shape index (κ2) is 9.78. The molecule has 1 fully saturated rings. The van der Waals surface area contributed by atoms with Crippen molar-refractivity contribution < 1.29 is 17.6 Å². The number of benzene rings is 2. The van der Waals surface area contributed by atoms with Crippen LogP contribution in [0.2, 0.25) is 0 Å². The van der Waals surface area contributed by atoms with Gasteiger partial charge in [0, 0.05) is 44.5 Å². The van der Waals surface area contributed by atoms with Crippen molar-refractivity contribution in [3.05, 3.63) is 53.8 Å². The minimum absolute atomic E-state index is 0.0131. The Morgan fingerprint density at radius 3 is 2.35 bits per heavy atom. The Labute approximate surface area is 184 Å². The maximum absolute atomic E-state index is 13.3. The quantitative estimate of drug-likeness (QED) is 0.625. The lowest BCUT2D eigenvalue weighted by molar-refractivity contribution is -0.122. The Bertz CT molecular complexity index is 1020. The number of hydrogen-bond acceptors (Lipinski definition) is 4. The molecular weight excluding hydrogens is 417 g/mol. The first-order chi connectivity index (χ1) is 14.7. The van der Waals surface area contributed by atoms with Gasteiger partial charge in [-0.15, -0.1) is 0 Å². The summed E-state index contributed by atoms with van der Waals surface area (Å²) in [6, 6.07) is 10.5. The van der Waals surface area contributed by atoms with E-state index in [4.69, 9.17) is 0 Å². The van der Waals surface area contributed by atoms with Crippen molar-refractivity contribution in [3.8, 4) is 0 Å². The molecular formula is C23H30FN3O3S. The molecule has 0 bridgehead atoms. The average molecular weight is 448 g/mol. The lowest BCUT2D eigenvalue weighted by Crippen LogP contribution is -2.32. The Hall–Kier alpha value is -2.45. The molecule has 168 valence electrons. The van der Waals surface area contributed by atoms with Gasteiger partial charge in [-0.25, -0.2) is 12.8 Å². The molecule has 0 atom stereocenters. The van der Waals surface area contributed by atoms with Gasteiger partial charge in [0.15, 0.2) is 0 Å². The predicted molar refractivity (Wildman–Crippen MR) is 121 cm³/mol. The van der Waals surface area contributed by atoms with Crippen LogP contribution in [-0.4, -0.2) is 39.3 Å². The maximum atomic E-state index is 13.3. The first kappa shape index (κ1) is 23.2. The van der Waals surface area contributed by atoms with Crippen LogP contribution in [0.5, 0.6) is 0 Å². The molecule has 3 rings (SSSR count). The fraction of sp³-hybridized carbons (Fsp3) is 0.435. The van der Waals surface area contributed by atoms with Gasteiger partial charge >= 0.3 is 0 Å². The van der Waals surface area contributed by atoms with Gasteiger partial charge in [0.2, 0.25) is 15.9 Å². The van der Waals surface area contributed by atoms with E-state index in [1.165, 1.54) is 16.4 Å². The summed E-state index contributed by atoms with van der Waals surface area (Å²) in [6.07, 6.45) is 3.54. The third-order valence-corrected chi connectivity index (χ3v) is 7.44. The van der Waals surface area contributed by atoms with Crippen LogP contribution in [0, 0.1) is 11.7 Å². The number of sulfonamides is 1. The van der Waals surface area contributed by atoms with Crippen LogP contribution in [0.25, 0.3) is 0 Å². The fourth-order valence-corrected chi connectivity index (χ4v) is 5.13. The van der Waals surface area contributed by atoms with Crippen LogP contribution in [0.15, 0.2) is 47.4 Å². The van der Waals surface area contributed by atoms with Gasteiger partial charge in [-0.3, -0.25) is 4.79 Å². The van der Waals surface area contributed by atoms with Crippen LogP contribution >= 0.6 is 0 Å². The summed E-state index contributed by atoms with van der Waals surface area (Å²) >= 11 is 0. The highest BCUT2D eigenvalue weighted by atomic mass is 32.2. The number of anilines is 2. The molecule has 1 amide bonds. The maximum Gasteiger partial charge on any atom is 0.243 e. The molecule has 31 heavy (non-hydrogen) atoms. The van der Waals surface area contributed by atoms with Crippen molar-refractivity contribution in [2.24, 2.45) is 5.92 Å². The van der Waals surface area contributed by atoms with E-state index in [9.17, 15) is 17.6 Å². The van der Waals surface area contributed by atoms with Gasteiger partial charge < -0.3 is 10.2 Å². The van der Waals surface area contributed by atoms with Gasteiger partial charge in [-0.1, -0.05) is 13.3 Å². The van der Waals surface area contributed by atoms with E-state index in [1.807, 2.05) is 44.1 Å². The summed E-state index contributed by atoms with van der Waals surface area (Å²) in [6.45, 7) is 2.38. The first-order valence-corrected chi connectivity index (χ1v) is 12.0. The molecule has 1 saturated carbocycles. The Kier molecular flexibility index (Phi) is 7.33. The second-order valence-electron chi connectivity index (χ2n) is 8.15. The third kappa shape index (κ3) is 5.43. The minimum Gasteiger partial charge on any atom is -0.377 e. The minimum atomic E-state index is -3.80. The number of carbonyl (C=O) groups is 1. The number of amides is 1. The van der Waals surface area contributed by atoms with Gasteiger partial charge in [0.05, 0.1) is 4.90 Å². The number of carbonyl (C=O) groups excluding carboxylic acids is 1. The summed E-state index contributed by atoms with van der Waals surface area (Å²) in [7, 11) is -0.0181. The summed E-state index contributed by atoms with van der Waals surface area (Å²) in [5.41, 5.74) is 2.32. The number of halogens is 1. The summed E-state index contributed by atoms with van der Waals surface area (Å²) in [4.78, 5) is 14.3. The highest BCUT2D eigenvalue weighted by Crippen LogP contribution is 2.30. The van der Waals surface area contributed by atoms with Crippen LogP contribution in [0.1, 0.15) is 38.2 Å². The smallest absolute Gasteiger partial charge is 0.243 e. The normalized spacial score (nSPS) is 14.4. The largest absolute Gasteiger partial charge is 0.377 e. The highest BCUT2D eigenvalue weighted by Gasteiger charge is 2.27. The first-order valence-electron chi connectivity index (χ1n) is 10.6. The second-order valence-corrected chi connectivity index (χ2v) is 10.1. The topological polar surface area (TPSA) is 69.7 Å². The lowest BCUT2D eigenvalue weighted by Gasteiger charge is -2.27. The van der Waals surface area contributed by atoms with Crippen molar-refractivity contribution in [2.75, 3.05) is 30.9 Å². The zero-order chi connectivity index (χ0) is 22.6. The van der Waals surface area contributed by atoms with Crippen LogP contribution < -0.4 is 10.2 Å². The van der Waals surface area contributed by atoms with Gasteiger partial charge in [-0.05, 0) is 67.3 Å². The Balaban J connectivity index is 1.91. The molecule has 0 aromatic heterocycles. The average Bonchev–Trinajstić information content (AvgIpc) is 2.66. The lowest BCUT2D eigenvalue weighted by atomic mass is 9.85. The molecule has 2 aromatic rings. The van der Waals surface area contributed by atoms with E-state index >= 15 is 0 Å². The number of nitrogens with one attached hydrogen (secondary N) is 1. The van der Waals surface area contributed by atoms with Crippen LogP contribution in [-0.2, 0) is 21.4 Å². The van der Waals surface area contributed by atoms with Crippen molar-refractivity contribution in [1.29, 1.82) is 0 Å². The van der Waals surface area contributed by atoms with Crippen LogP contribution in [0.4, 0.5) is 15.8 Å². The number of nitrogens with zero attached hydrogens (tertiary/aromatic N) is 2. The van der Waals surface area contributed by atoms with E-state index in [-0.39, 0.29) is 23.3 Å². The highest BCUT2D eigenvalue weighted by molar-refractivity contribution is 7.89. The zero-order valence-electron chi connectivity index (χ0n) is 18.3. The monoisotopic (exact) mass is 447 g/mol. The van der Waals surface area contributed by atoms with Crippen molar-refractivity contribution in [1.82, 2.24) is 4.31 Å². The van der Waals surface area contributed by atoms with Crippen molar-refractivity contribution in [2.45, 2.75) is 44.0 Å². The van der Waals surface area contributed by atoms with E-state index in [1.54, 1.807) is 0 Å². The Morgan fingerprint density at radius 2 is 1.81 bits per heavy atom. The predicted octanol–water partition coefficient (Wildman–Crippen LogP) is 4.23. The molecule has 0 saturated heterocycles. The standard InChI is InChI=1S/C23H30FN3O3S/c1-4-14-27(31(29,30)21-11-8-19(24)9-12-21)16-18-15-20(10-13-22(18)26(2)3)25-23(28)17-6-5-7-17/h8-13,15,17H,4-7,14,16H2,1-3H3,(H,25,28). The van der Waals surface area contributed by atoms with E-state index in [0.29, 0.717) is 18.7 Å². The molecule has 0 radical (unpaired) electrons. The summed E-state index contributed by atoms with van der Waals surface area (Å²) < 4.78 is 41.2. The van der Waals surface area contributed by atoms with Crippen molar-refractivity contribution >= 4 is 27.3 Å². The molecule has 8 heteroatoms. The molecule has 0 unspecified atom stereocenters. The molecule has 2 aromatic carbocycles. The molecule has 6 nitrogen and oxygen atoms in total. The van der Waals surface area contributed by atoms with E-state index < -0.39 is 15.8 Å². The number of rotatable bonds is 9. The SMILES string of the molecule is CCCN(Cc1cc(NC(=O)C2CCC2)ccc1N(C)C)S(=O)(=O)c1ccc(F)cc1. The molecule has 0 heterocycles. The van der Waals surface area contributed by atoms with Gasteiger partial charge in [-0.2, -0.15) is 4.31 Å². The number of hydrogen-bond donors (Lipinski definition) is 1. The molecule has 0 spiro atoms. The summed E-state index contributed by atoms with van der Waals surface area (Å²) in [5.74, 6) is -0.405. The zero-order valence-corrected chi connectivity index (χ0v) is 19.1. The van der Waals surface area contributed by atoms with Crippen LogP contribution in [0.3, 0.4) is 0 Å².